The van der Waals surface area contributed by atoms with Crippen LogP contribution < -0.4 is 20.1 Å². The van der Waals surface area contributed by atoms with Gasteiger partial charge in [0, 0.05) is 67.5 Å². The summed E-state index contributed by atoms with van der Waals surface area (Å²) < 4.78 is 11.0. The third kappa shape index (κ3) is 10.2. The summed E-state index contributed by atoms with van der Waals surface area (Å²) in [6, 6.07) is 13.3. The minimum atomic E-state index is -1.09. The summed E-state index contributed by atoms with van der Waals surface area (Å²) in [5.74, 6) is -2.71. The molecule has 54 heavy (non-hydrogen) atoms. The lowest BCUT2D eigenvalue weighted by Crippen LogP contribution is -2.37. The summed E-state index contributed by atoms with van der Waals surface area (Å²) >= 11 is 0. The van der Waals surface area contributed by atoms with Crippen LogP contribution in [-0.4, -0.2) is 87.5 Å². The topological polar surface area (TPSA) is 217 Å². The Morgan fingerprint density at radius 2 is 1.35 bits per heavy atom. The maximum Gasteiger partial charge on any atom is 0.320 e. The van der Waals surface area contributed by atoms with Crippen LogP contribution in [0.1, 0.15) is 68.1 Å². The first-order chi connectivity index (χ1) is 25.9. The summed E-state index contributed by atoms with van der Waals surface area (Å²) in [5.41, 5.74) is 6.27. The van der Waals surface area contributed by atoms with Gasteiger partial charge in [-0.2, -0.15) is 0 Å². The van der Waals surface area contributed by atoms with E-state index in [0.717, 1.165) is 27.8 Å². The number of anilines is 1. The summed E-state index contributed by atoms with van der Waals surface area (Å²) in [5, 5.41) is 42.9. The summed E-state index contributed by atoms with van der Waals surface area (Å²) in [7, 11) is 2.92. The number of aromatic nitrogens is 2. The Bertz CT molecular complexity index is 1840. The van der Waals surface area contributed by atoms with Crippen LogP contribution in [-0.2, 0) is 29.0 Å². The normalized spacial score (nSPS) is 12.1. The van der Waals surface area contributed by atoms with Gasteiger partial charge in [0.25, 0.3) is 5.91 Å². The molecule has 0 fully saturated rings. The Labute approximate surface area is 313 Å². The molecule has 6 N–H and O–H groups in total. The fraction of sp³-hybridized carbons (Fsp3) is 0.350. The van der Waals surface area contributed by atoms with Gasteiger partial charge in [-0.25, -0.2) is 0 Å². The molecular formula is C40H46N4O10. The maximum atomic E-state index is 13.5. The number of benzene rings is 2. The molecule has 0 unspecified atom stereocenters. The van der Waals surface area contributed by atoms with Crippen LogP contribution in [0.5, 0.6) is 11.5 Å². The number of hydrogen-bond donors (Lipinski definition) is 6. The highest BCUT2D eigenvalue weighted by Gasteiger charge is 2.21. The van der Waals surface area contributed by atoms with E-state index in [1.54, 1.807) is 6.07 Å². The Kier molecular flexibility index (Phi) is 14.7. The number of methoxy groups -OCH3 is 2. The van der Waals surface area contributed by atoms with E-state index in [9.17, 15) is 34.5 Å². The SMILES string of the molecule is COc1cc(C(=O)Nc2cccc(-c3cccc(CC(=O)c4cc(OC)c(CN[C@@H](CCO)C(=O)O)cn4)c3C)c2C)ncc1CC[C@@H](CCO)C(=O)O. The van der Waals surface area contributed by atoms with E-state index >= 15 is 0 Å². The number of aryl methyl sites for hydroxylation is 1. The first-order valence-corrected chi connectivity index (χ1v) is 17.4. The van der Waals surface area contributed by atoms with E-state index in [1.807, 2.05) is 44.2 Å². The third-order valence-corrected chi connectivity index (χ3v) is 9.36. The number of Topliss-reactive ketones (excluding diaryl/α,β-unsaturated/α-hetero) is 1. The smallest absolute Gasteiger partial charge is 0.320 e. The summed E-state index contributed by atoms with van der Waals surface area (Å²) in [4.78, 5) is 58.4. The zero-order valence-corrected chi connectivity index (χ0v) is 30.7. The van der Waals surface area contributed by atoms with Gasteiger partial charge in [-0.3, -0.25) is 29.1 Å². The van der Waals surface area contributed by atoms with Crippen molar-refractivity contribution in [3.8, 4) is 22.6 Å². The van der Waals surface area contributed by atoms with Crippen molar-refractivity contribution in [2.75, 3.05) is 32.8 Å². The van der Waals surface area contributed by atoms with Crippen LogP contribution >= 0.6 is 0 Å². The number of amides is 1. The average molecular weight is 743 g/mol. The summed E-state index contributed by atoms with van der Waals surface area (Å²) in [6.07, 6.45) is 3.83. The molecule has 2 aromatic heterocycles. The second-order valence-corrected chi connectivity index (χ2v) is 12.8. The molecule has 4 rings (SSSR count). The molecule has 0 saturated carbocycles. The van der Waals surface area contributed by atoms with Crippen molar-refractivity contribution < 1.29 is 49.1 Å². The van der Waals surface area contributed by atoms with Gasteiger partial charge in [-0.05, 0) is 73.4 Å². The van der Waals surface area contributed by atoms with Crippen LogP contribution in [0.25, 0.3) is 11.1 Å². The average Bonchev–Trinajstić information content (AvgIpc) is 3.16. The highest BCUT2D eigenvalue weighted by molar-refractivity contribution is 6.04. The fourth-order valence-corrected chi connectivity index (χ4v) is 6.14. The van der Waals surface area contributed by atoms with E-state index in [0.29, 0.717) is 34.7 Å². The minimum Gasteiger partial charge on any atom is -0.496 e. The molecule has 286 valence electrons. The van der Waals surface area contributed by atoms with Crippen molar-refractivity contribution >= 4 is 29.3 Å². The highest BCUT2D eigenvalue weighted by atomic mass is 16.5. The molecule has 0 aliphatic carbocycles. The lowest BCUT2D eigenvalue weighted by Gasteiger charge is -2.17. The molecule has 1 amide bonds. The molecule has 2 aromatic carbocycles. The van der Waals surface area contributed by atoms with Crippen molar-refractivity contribution in [2.24, 2.45) is 5.92 Å². The number of pyridine rings is 2. The van der Waals surface area contributed by atoms with Gasteiger partial charge in [0.05, 0.1) is 20.1 Å². The first-order valence-electron chi connectivity index (χ1n) is 17.4. The monoisotopic (exact) mass is 742 g/mol. The molecule has 0 radical (unpaired) electrons. The maximum absolute atomic E-state index is 13.5. The van der Waals surface area contributed by atoms with Gasteiger partial charge < -0.3 is 40.5 Å². The number of aliphatic carboxylic acids is 2. The van der Waals surface area contributed by atoms with E-state index in [-0.39, 0.29) is 62.6 Å². The number of ketones is 1. The van der Waals surface area contributed by atoms with Gasteiger partial charge in [0.1, 0.15) is 28.9 Å². The van der Waals surface area contributed by atoms with E-state index < -0.39 is 29.8 Å². The van der Waals surface area contributed by atoms with Crippen molar-refractivity contribution in [1.82, 2.24) is 15.3 Å². The number of hydrogen-bond acceptors (Lipinski definition) is 11. The number of nitrogens with zero attached hydrogens (tertiary/aromatic N) is 2. The van der Waals surface area contributed by atoms with Crippen molar-refractivity contribution in [2.45, 2.75) is 58.5 Å². The quantitative estimate of drug-likeness (QED) is 0.0693. The number of carboxylic acids is 2. The van der Waals surface area contributed by atoms with E-state index in [2.05, 4.69) is 20.6 Å². The van der Waals surface area contributed by atoms with Gasteiger partial charge in [-0.15, -0.1) is 0 Å². The minimum absolute atomic E-state index is 0.0361. The van der Waals surface area contributed by atoms with Crippen LogP contribution in [0.4, 0.5) is 5.69 Å². The first kappa shape index (κ1) is 41.1. The van der Waals surface area contributed by atoms with Gasteiger partial charge >= 0.3 is 11.9 Å². The van der Waals surface area contributed by atoms with Crippen molar-refractivity contribution in [3.63, 3.8) is 0 Å². The molecule has 0 bridgehead atoms. The molecule has 4 aromatic rings. The van der Waals surface area contributed by atoms with Crippen molar-refractivity contribution in [3.05, 3.63) is 100 Å². The second-order valence-electron chi connectivity index (χ2n) is 12.8. The molecule has 0 spiro atoms. The number of aliphatic hydroxyl groups is 2. The molecule has 14 nitrogen and oxygen atoms in total. The lowest BCUT2D eigenvalue weighted by atomic mass is 9.91. The Morgan fingerprint density at radius 1 is 0.741 bits per heavy atom. The van der Waals surface area contributed by atoms with Crippen LogP contribution in [0, 0.1) is 19.8 Å². The van der Waals surface area contributed by atoms with Crippen LogP contribution in [0.3, 0.4) is 0 Å². The molecule has 14 heteroatoms. The standard InChI is InChI=1S/C40H46N4O10/c1-23-26(17-35(47)33-18-37(54-4)28(22-42-33)21-41-32(14-16-46)40(51)52)7-5-8-29(23)30-9-6-10-31(24(30)2)44-38(48)34-19-36(53-3)27(20-43-34)12-11-25(13-15-45)39(49)50/h5-10,18-20,22,25,32,41,45-46H,11-17,21H2,1-4H3,(H,44,48)(H,49,50)(H,51,52)/t25-,32-/m0/s1. The molecule has 2 heterocycles. The van der Waals surface area contributed by atoms with Crippen LogP contribution in [0.15, 0.2) is 60.9 Å². The third-order valence-electron chi connectivity index (χ3n) is 9.36. The second kappa shape index (κ2) is 19.4. The van der Waals surface area contributed by atoms with Gasteiger partial charge in [0.15, 0.2) is 5.78 Å². The van der Waals surface area contributed by atoms with Gasteiger partial charge in [-0.1, -0.05) is 30.3 Å². The fourth-order valence-electron chi connectivity index (χ4n) is 6.14. The molecule has 2 atom stereocenters. The van der Waals surface area contributed by atoms with E-state index in [4.69, 9.17) is 14.6 Å². The van der Waals surface area contributed by atoms with Crippen LogP contribution in [0.2, 0.25) is 0 Å². The highest BCUT2D eigenvalue weighted by Crippen LogP contribution is 2.33. The zero-order valence-electron chi connectivity index (χ0n) is 30.7. The number of carbonyl (C=O) groups is 4. The van der Waals surface area contributed by atoms with Crippen molar-refractivity contribution in [1.29, 1.82) is 0 Å². The Balaban J connectivity index is 1.50. The van der Waals surface area contributed by atoms with Gasteiger partial charge in [0.2, 0.25) is 0 Å². The number of ether oxygens (including phenoxy) is 2. The number of nitrogens with one attached hydrogen (secondary N) is 2. The predicted molar refractivity (Wildman–Crippen MR) is 200 cm³/mol. The van der Waals surface area contributed by atoms with E-state index in [1.165, 1.54) is 38.7 Å². The molecular weight excluding hydrogens is 696 g/mol. The Hall–Kier alpha value is -5.70. The largest absolute Gasteiger partial charge is 0.496 e. The molecule has 0 aliphatic rings. The lowest BCUT2D eigenvalue weighted by molar-refractivity contribution is -0.142. The number of aliphatic hydroxyl groups excluding tert-OH is 2. The number of rotatable bonds is 20. The zero-order chi connectivity index (χ0) is 39.4. The number of carbonyl (C=O) groups excluding carboxylic acids is 2. The molecule has 0 saturated heterocycles. The summed E-state index contributed by atoms with van der Waals surface area (Å²) in [6.45, 7) is 3.42. The Morgan fingerprint density at radius 3 is 2.00 bits per heavy atom. The number of carboxylic acid groups (broad SMARTS) is 2. The predicted octanol–water partition coefficient (Wildman–Crippen LogP) is 4.40. The molecule has 0 aliphatic heterocycles.